The molecular weight excluding hydrogens is 415 g/mol. The van der Waals surface area contributed by atoms with Gasteiger partial charge in [0.05, 0.1) is 18.1 Å². The van der Waals surface area contributed by atoms with Crippen LogP contribution in [0.1, 0.15) is 30.4 Å². The number of hydrogen-bond donors (Lipinski definition) is 1. The molecule has 1 fully saturated rings. The molecular formula is C26H31FN6. The van der Waals surface area contributed by atoms with Gasteiger partial charge in [0.1, 0.15) is 5.82 Å². The summed E-state index contributed by atoms with van der Waals surface area (Å²) in [7, 11) is 0. The molecule has 1 saturated heterocycles. The van der Waals surface area contributed by atoms with Crippen LogP contribution >= 0.6 is 0 Å². The molecule has 1 unspecified atom stereocenters. The van der Waals surface area contributed by atoms with Crippen LogP contribution in [0.25, 0.3) is 16.6 Å². The van der Waals surface area contributed by atoms with E-state index in [9.17, 15) is 4.39 Å². The molecule has 1 aliphatic heterocycles. The first kappa shape index (κ1) is 21.8. The monoisotopic (exact) mass is 446 g/mol. The zero-order valence-electron chi connectivity index (χ0n) is 19.1. The Bertz CT molecular complexity index is 1160. The number of piperazine rings is 1. The van der Waals surface area contributed by atoms with Crippen LogP contribution in [0.15, 0.2) is 61.1 Å². The van der Waals surface area contributed by atoms with Crippen LogP contribution in [-0.4, -0.2) is 69.0 Å². The largest absolute Gasteiger partial charge is 0.361 e. The van der Waals surface area contributed by atoms with Crippen LogP contribution in [0.4, 0.5) is 4.39 Å². The van der Waals surface area contributed by atoms with Crippen LogP contribution in [-0.2, 0) is 6.42 Å². The minimum Gasteiger partial charge on any atom is -0.361 e. The summed E-state index contributed by atoms with van der Waals surface area (Å²) < 4.78 is 15.0. The Morgan fingerprint density at radius 1 is 1.03 bits per heavy atom. The minimum absolute atomic E-state index is 0.164. The number of hydrogen-bond acceptors (Lipinski definition) is 4. The molecule has 3 heterocycles. The smallest absolute Gasteiger partial charge is 0.123 e. The molecule has 7 heteroatoms. The van der Waals surface area contributed by atoms with Gasteiger partial charge >= 0.3 is 0 Å². The quantitative estimate of drug-likeness (QED) is 0.440. The zero-order valence-corrected chi connectivity index (χ0v) is 19.1. The van der Waals surface area contributed by atoms with E-state index in [2.05, 4.69) is 56.4 Å². The highest BCUT2D eigenvalue weighted by atomic mass is 19.1. The number of H-pyrrole nitrogens is 1. The Labute approximate surface area is 194 Å². The highest BCUT2D eigenvalue weighted by Crippen LogP contribution is 2.23. The summed E-state index contributed by atoms with van der Waals surface area (Å²) in [6.45, 7) is 8.80. The summed E-state index contributed by atoms with van der Waals surface area (Å²) in [5.41, 5.74) is 4.77. The van der Waals surface area contributed by atoms with Crippen molar-refractivity contribution in [1.29, 1.82) is 0 Å². The Morgan fingerprint density at radius 3 is 2.58 bits per heavy atom. The molecule has 5 rings (SSSR count). The lowest BCUT2D eigenvalue weighted by Crippen LogP contribution is -2.47. The average Bonchev–Trinajstić information content (AvgIpc) is 3.51. The van der Waals surface area contributed by atoms with E-state index in [1.165, 1.54) is 16.5 Å². The molecule has 0 spiro atoms. The van der Waals surface area contributed by atoms with Crippen LogP contribution in [0, 0.1) is 5.82 Å². The van der Waals surface area contributed by atoms with E-state index in [4.69, 9.17) is 0 Å². The summed E-state index contributed by atoms with van der Waals surface area (Å²) in [6.07, 6.45) is 7.92. The van der Waals surface area contributed by atoms with Crippen molar-refractivity contribution < 1.29 is 4.39 Å². The van der Waals surface area contributed by atoms with Crippen molar-refractivity contribution in [3.8, 4) is 5.69 Å². The summed E-state index contributed by atoms with van der Waals surface area (Å²) >= 11 is 0. The maximum Gasteiger partial charge on any atom is 0.123 e. The van der Waals surface area contributed by atoms with Gasteiger partial charge in [-0.2, -0.15) is 0 Å². The molecule has 2 aromatic carbocycles. The number of aromatic nitrogens is 4. The van der Waals surface area contributed by atoms with Crippen molar-refractivity contribution in [2.45, 2.75) is 25.7 Å². The van der Waals surface area contributed by atoms with Gasteiger partial charge in [-0.25, -0.2) is 9.07 Å². The first-order valence-electron chi connectivity index (χ1n) is 11.8. The Balaban J connectivity index is 1.10. The molecule has 1 N–H and O–H groups in total. The van der Waals surface area contributed by atoms with E-state index in [0.29, 0.717) is 5.92 Å². The predicted octanol–water partition coefficient (Wildman–Crippen LogP) is 4.24. The van der Waals surface area contributed by atoms with E-state index < -0.39 is 0 Å². The van der Waals surface area contributed by atoms with Gasteiger partial charge in [-0.1, -0.05) is 24.3 Å². The predicted molar refractivity (Wildman–Crippen MR) is 129 cm³/mol. The third kappa shape index (κ3) is 5.15. The van der Waals surface area contributed by atoms with Gasteiger partial charge in [-0.3, -0.25) is 0 Å². The van der Waals surface area contributed by atoms with Gasteiger partial charge in [0.2, 0.25) is 0 Å². The molecule has 1 aliphatic rings. The average molecular weight is 447 g/mol. The van der Waals surface area contributed by atoms with Gasteiger partial charge < -0.3 is 14.8 Å². The van der Waals surface area contributed by atoms with Crippen molar-refractivity contribution in [3.63, 3.8) is 0 Å². The molecule has 1 atom stereocenters. The lowest BCUT2D eigenvalue weighted by atomic mass is 10.0. The van der Waals surface area contributed by atoms with Crippen LogP contribution in [0.5, 0.6) is 0 Å². The van der Waals surface area contributed by atoms with Crippen LogP contribution < -0.4 is 0 Å². The number of halogens is 1. The second-order valence-corrected chi connectivity index (χ2v) is 9.09. The van der Waals surface area contributed by atoms with E-state index in [-0.39, 0.29) is 5.82 Å². The SMILES string of the molecule is CC(CN1CCN(CCCc2c[nH]c3ccc(-n4ccnn4)cc23)CC1)c1ccc(F)cc1. The van der Waals surface area contributed by atoms with Crippen LogP contribution in [0.2, 0.25) is 0 Å². The van der Waals surface area contributed by atoms with Crippen LogP contribution in [0.3, 0.4) is 0 Å². The molecule has 33 heavy (non-hydrogen) atoms. The topological polar surface area (TPSA) is 53.0 Å². The molecule has 0 radical (unpaired) electrons. The van der Waals surface area contributed by atoms with Crippen molar-refractivity contribution in [2.24, 2.45) is 0 Å². The molecule has 4 aromatic rings. The summed E-state index contributed by atoms with van der Waals surface area (Å²) in [4.78, 5) is 8.52. The summed E-state index contributed by atoms with van der Waals surface area (Å²) in [6, 6.07) is 13.3. The number of fused-ring (bicyclic) bond motifs is 1. The maximum atomic E-state index is 13.2. The molecule has 172 valence electrons. The van der Waals surface area contributed by atoms with Gasteiger partial charge in [-0.05, 0) is 66.8 Å². The fourth-order valence-corrected chi connectivity index (χ4v) is 4.83. The fraction of sp³-hybridized carbons (Fsp3) is 0.385. The molecule has 6 nitrogen and oxygen atoms in total. The number of nitrogens with zero attached hydrogens (tertiary/aromatic N) is 5. The first-order chi connectivity index (χ1) is 16.2. The zero-order chi connectivity index (χ0) is 22.6. The standard InChI is InChI=1S/C26H31FN6/c1-20(21-4-6-23(27)7-5-21)19-32-15-13-31(14-16-32)11-2-3-22-18-28-26-9-8-24(17-25(22)26)33-12-10-29-30-33/h4-10,12,17-18,20,28H,2-3,11,13-16,19H2,1H3. The van der Waals surface area contributed by atoms with Crippen molar-refractivity contribution in [1.82, 2.24) is 29.8 Å². The molecule has 0 bridgehead atoms. The number of aryl methyl sites for hydroxylation is 1. The summed E-state index contributed by atoms with van der Waals surface area (Å²) in [5, 5.41) is 9.28. The van der Waals surface area contributed by atoms with E-state index in [1.807, 2.05) is 18.3 Å². The lowest BCUT2D eigenvalue weighted by Gasteiger charge is -2.36. The van der Waals surface area contributed by atoms with Gasteiger partial charge in [0, 0.05) is 49.8 Å². The van der Waals surface area contributed by atoms with Crippen molar-refractivity contribution in [3.05, 3.63) is 78.0 Å². The Hall–Kier alpha value is -3.03. The van der Waals surface area contributed by atoms with E-state index >= 15 is 0 Å². The molecule has 2 aromatic heterocycles. The minimum atomic E-state index is -0.164. The van der Waals surface area contributed by atoms with Gasteiger partial charge in [-0.15, -0.1) is 5.10 Å². The van der Waals surface area contributed by atoms with Gasteiger partial charge in [0.25, 0.3) is 0 Å². The second kappa shape index (κ2) is 9.85. The molecule has 0 aliphatic carbocycles. The number of rotatable bonds is 8. The van der Waals surface area contributed by atoms with Crippen molar-refractivity contribution in [2.75, 3.05) is 39.3 Å². The third-order valence-corrected chi connectivity index (χ3v) is 6.79. The molecule has 0 saturated carbocycles. The highest BCUT2D eigenvalue weighted by molar-refractivity contribution is 5.85. The van der Waals surface area contributed by atoms with E-state index in [1.54, 1.807) is 23.0 Å². The Kier molecular flexibility index (Phi) is 6.51. The summed E-state index contributed by atoms with van der Waals surface area (Å²) in [5.74, 6) is 0.254. The molecule has 0 amide bonds. The lowest BCUT2D eigenvalue weighted by molar-refractivity contribution is 0.127. The van der Waals surface area contributed by atoms with E-state index in [0.717, 1.165) is 63.3 Å². The fourth-order valence-electron chi connectivity index (χ4n) is 4.83. The second-order valence-electron chi connectivity index (χ2n) is 9.09. The number of aromatic amines is 1. The Morgan fingerprint density at radius 2 is 1.82 bits per heavy atom. The normalized spacial score (nSPS) is 16.4. The highest BCUT2D eigenvalue weighted by Gasteiger charge is 2.19. The maximum absolute atomic E-state index is 13.2. The number of nitrogens with one attached hydrogen (secondary N) is 1. The van der Waals surface area contributed by atoms with Crippen molar-refractivity contribution >= 4 is 10.9 Å². The first-order valence-corrected chi connectivity index (χ1v) is 11.8. The third-order valence-electron chi connectivity index (χ3n) is 6.79. The van der Waals surface area contributed by atoms with Gasteiger partial charge in [0.15, 0.2) is 0 Å². The number of benzene rings is 2.